The van der Waals surface area contributed by atoms with Crippen molar-refractivity contribution in [3.8, 4) is 5.75 Å². The molecule has 5 heteroatoms. The van der Waals surface area contributed by atoms with Gasteiger partial charge in [0.25, 0.3) is 0 Å². The van der Waals surface area contributed by atoms with Crippen LogP contribution >= 0.6 is 0 Å². The van der Waals surface area contributed by atoms with Gasteiger partial charge in [0.2, 0.25) is 0 Å². The summed E-state index contributed by atoms with van der Waals surface area (Å²) in [6.07, 6.45) is -0.519. The first kappa shape index (κ1) is 15.9. The summed E-state index contributed by atoms with van der Waals surface area (Å²) < 4.78 is 5.58. The zero-order valence-corrected chi connectivity index (χ0v) is 12.8. The molecule has 116 valence electrons. The lowest BCUT2D eigenvalue weighted by Gasteiger charge is -2.33. The second-order valence-corrected chi connectivity index (χ2v) is 5.65. The molecule has 21 heavy (non-hydrogen) atoms. The Kier molecular flexibility index (Phi) is 5.73. The molecule has 0 aromatic heterocycles. The lowest BCUT2D eigenvalue weighted by Crippen LogP contribution is -2.47. The highest BCUT2D eigenvalue weighted by atomic mass is 16.5. The maximum Gasteiger partial charge on any atom is 0.159 e. The third kappa shape index (κ3) is 5.12. The van der Waals surface area contributed by atoms with Crippen LogP contribution in [0.25, 0.3) is 0 Å². The highest BCUT2D eigenvalue weighted by Gasteiger charge is 2.17. The molecule has 2 rings (SSSR count). The average Bonchev–Trinajstić information content (AvgIpc) is 2.48. The van der Waals surface area contributed by atoms with Crippen molar-refractivity contribution in [3.63, 3.8) is 0 Å². The fraction of sp³-hybridized carbons (Fsp3) is 0.562. The van der Waals surface area contributed by atoms with Crippen molar-refractivity contribution < 1.29 is 14.6 Å². The first-order chi connectivity index (χ1) is 10.0. The zero-order valence-electron chi connectivity index (χ0n) is 12.8. The van der Waals surface area contributed by atoms with Crippen LogP contribution in [0.2, 0.25) is 0 Å². The van der Waals surface area contributed by atoms with E-state index in [1.165, 1.54) is 6.92 Å². The van der Waals surface area contributed by atoms with Gasteiger partial charge in [0.05, 0.1) is 0 Å². The molecule has 1 atom stereocenters. The molecule has 0 saturated carbocycles. The van der Waals surface area contributed by atoms with E-state index >= 15 is 0 Å². The molecule has 0 spiro atoms. The number of aliphatic hydroxyl groups excluding tert-OH is 1. The predicted octanol–water partition coefficient (Wildman–Crippen LogP) is 0.876. The first-order valence-electron chi connectivity index (χ1n) is 7.37. The molecule has 1 aromatic carbocycles. The van der Waals surface area contributed by atoms with Gasteiger partial charge in [0, 0.05) is 38.3 Å². The van der Waals surface area contributed by atoms with Gasteiger partial charge in [-0.05, 0) is 26.1 Å². The Morgan fingerprint density at radius 3 is 2.71 bits per heavy atom. The summed E-state index contributed by atoms with van der Waals surface area (Å²) >= 11 is 0. The molecule has 1 fully saturated rings. The van der Waals surface area contributed by atoms with Gasteiger partial charge in [0.1, 0.15) is 18.5 Å². The van der Waals surface area contributed by atoms with Gasteiger partial charge in [-0.25, -0.2) is 0 Å². The van der Waals surface area contributed by atoms with Crippen LogP contribution in [0.5, 0.6) is 5.75 Å². The molecule has 1 saturated heterocycles. The molecule has 5 nitrogen and oxygen atoms in total. The van der Waals surface area contributed by atoms with Crippen LogP contribution in [0, 0.1) is 0 Å². The van der Waals surface area contributed by atoms with Crippen molar-refractivity contribution in [2.75, 3.05) is 46.4 Å². The fourth-order valence-corrected chi connectivity index (χ4v) is 2.38. The van der Waals surface area contributed by atoms with E-state index in [2.05, 4.69) is 16.8 Å². The largest absolute Gasteiger partial charge is 0.491 e. The number of piperazine rings is 1. The van der Waals surface area contributed by atoms with Gasteiger partial charge in [-0.2, -0.15) is 0 Å². The third-order valence-electron chi connectivity index (χ3n) is 3.75. The number of aliphatic hydroxyl groups is 1. The van der Waals surface area contributed by atoms with Gasteiger partial charge in [-0.1, -0.05) is 12.1 Å². The molecule has 1 aliphatic rings. The Hall–Kier alpha value is -1.43. The van der Waals surface area contributed by atoms with Crippen LogP contribution in [0.4, 0.5) is 0 Å². The quantitative estimate of drug-likeness (QED) is 0.789. The van der Waals surface area contributed by atoms with Crippen LogP contribution in [0.3, 0.4) is 0 Å². The number of benzene rings is 1. The number of β-amino-alcohol motifs (C(OH)–C–C–N with tert-alkyl or cyclic N) is 1. The summed E-state index contributed by atoms with van der Waals surface area (Å²) in [7, 11) is 2.11. The molecule has 1 aliphatic heterocycles. The van der Waals surface area contributed by atoms with E-state index in [1.807, 2.05) is 0 Å². The van der Waals surface area contributed by atoms with Crippen molar-refractivity contribution in [1.82, 2.24) is 9.80 Å². The van der Waals surface area contributed by atoms with Gasteiger partial charge in [0.15, 0.2) is 5.78 Å². The van der Waals surface area contributed by atoms with Crippen LogP contribution in [-0.2, 0) is 0 Å². The van der Waals surface area contributed by atoms with E-state index in [0.29, 0.717) is 17.9 Å². The number of hydrogen-bond acceptors (Lipinski definition) is 5. The Bertz CT molecular complexity index is 470. The van der Waals surface area contributed by atoms with E-state index in [4.69, 9.17) is 4.74 Å². The smallest absolute Gasteiger partial charge is 0.159 e. The highest BCUT2D eigenvalue weighted by Crippen LogP contribution is 2.14. The second kappa shape index (κ2) is 7.54. The number of nitrogens with zero attached hydrogens (tertiary/aromatic N) is 2. The van der Waals surface area contributed by atoms with Crippen molar-refractivity contribution >= 4 is 5.78 Å². The molecule has 1 N–H and O–H groups in total. The number of carbonyl (C=O) groups excluding carboxylic acids is 1. The molecular weight excluding hydrogens is 268 g/mol. The lowest BCUT2D eigenvalue weighted by atomic mass is 10.1. The van der Waals surface area contributed by atoms with Crippen molar-refractivity contribution in [2.45, 2.75) is 13.0 Å². The number of ketones is 1. The highest BCUT2D eigenvalue weighted by molar-refractivity contribution is 5.94. The van der Waals surface area contributed by atoms with Crippen molar-refractivity contribution in [3.05, 3.63) is 29.8 Å². The minimum Gasteiger partial charge on any atom is -0.491 e. The minimum atomic E-state index is -0.519. The Morgan fingerprint density at radius 2 is 2.05 bits per heavy atom. The summed E-state index contributed by atoms with van der Waals surface area (Å²) in [6, 6.07) is 7.06. The molecule has 1 aromatic rings. The van der Waals surface area contributed by atoms with E-state index in [9.17, 15) is 9.90 Å². The summed E-state index contributed by atoms with van der Waals surface area (Å²) in [5.41, 5.74) is 0.626. The number of ether oxygens (including phenoxy) is 1. The first-order valence-corrected chi connectivity index (χ1v) is 7.37. The van der Waals surface area contributed by atoms with E-state index in [1.54, 1.807) is 24.3 Å². The standard InChI is InChI=1S/C16H24N2O3/c1-13(19)14-4-3-5-16(10-14)21-12-15(20)11-18-8-6-17(2)7-9-18/h3-5,10,15,20H,6-9,11-12H2,1-2H3. The molecule has 1 unspecified atom stereocenters. The summed E-state index contributed by atoms with van der Waals surface area (Å²) in [4.78, 5) is 15.8. The number of hydrogen-bond donors (Lipinski definition) is 1. The van der Waals surface area contributed by atoms with Crippen LogP contribution in [0.1, 0.15) is 17.3 Å². The summed E-state index contributed by atoms with van der Waals surface area (Å²) in [5, 5.41) is 10.1. The number of rotatable bonds is 6. The van der Waals surface area contributed by atoms with Crippen LogP contribution in [-0.4, -0.2) is 73.2 Å². The number of likely N-dealkylation sites (N-methyl/N-ethyl adjacent to an activating group) is 1. The van der Waals surface area contributed by atoms with E-state index in [0.717, 1.165) is 26.2 Å². The Morgan fingerprint density at radius 1 is 1.33 bits per heavy atom. The molecule has 0 radical (unpaired) electrons. The van der Waals surface area contributed by atoms with Gasteiger partial charge in [-0.15, -0.1) is 0 Å². The second-order valence-electron chi connectivity index (χ2n) is 5.65. The molecular formula is C16H24N2O3. The van der Waals surface area contributed by atoms with Crippen molar-refractivity contribution in [2.24, 2.45) is 0 Å². The minimum absolute atomic E-state index is 0.0124. The van der Waals surface area contributed by atoms with Crippen molar-refractivity contribution in [1.29, 1.82) is 0 Å². The van der Waals surface area contributed by atoms with E-state index < -0.39 is 6.10 Å². The predicted molar refractivity (Wildman–Crippen MR) is 81.9 cm³/mol. The topological polar surface area (TPSA) is 53.0 Å². The van der Waals surface area contributed by atoms with Gasteiger partial charge in [-0.3, -0.25) is 9.69 Å². The Labute approximate surface area is 126 Å². The molecule has 0 bridgehead atoms. The zero-order chi connectivity index (χ0) is 15.2. The Balaban J connectivity index is 1.77. The third-order valence-corrected chi connectivity index (χ3v) is 3.75. The molecule has 1 heterocycles. The fourth-order valence-electron chi connectivity index (χ4n) is 2.38. The van der Waals surface area contributed by atoms with Crippen LogP contribution < -0.4 is 4.74 Å². The molecule has 0 amide bonds. The summed E-state index contributed by atoms with van der Waals surface area (Å²) in [6.45, 7) is 6.43. The van der Waals surface area contributed by atoms with E-state index in [-0.39, 0.29) is 12.4 Å². The maximum atomic E-state index is 11.3. The lowest BCUT2D eigenvalue weighted by molar-refractivity contribution is 0.0504. The van der Waals surface area contributed by atoms with Gasteiger partial charge < -0.3 is 14.7 Å². The van der Waals surface area contributed by atoms with Gasteiger partial charge >= 0.3 is 0 Å². The molecule has 0 aliphatic carbocycles. The average molecular weight is 292 g/mol. The summed E-state index contributed by atoms with van der Waals surface area (Å²) in [5.74, 6) is 0.638. The van der Waals surface area contributed by atoms with Crippen LogP contribution in [0.15, 0.2) is 24.3 Å². The SMILES string of the molecule is CC(=O)c1cccc(OCC(O)CN2CCN(C)CC2)c1. The number of carbonyl (C=O) groups is 1. The number of Topliss-reactive ketones (excluding diaryl/α,β-unsaturated/α-hetero) is 1. The monoisotopic (exact) mass is 292 g/mol. The normalized spacial score (nSPS) is 18.4. The maximum absolute atomic E-state index is 11.3.